The van der Waals surface area contributed by atoms with E-state index in [-0.39, 0.29) is 11.6 Å². The Bertz CT molecular complexity index is 800. The van der Waals surface area contributed by atoms with E-state index in [9.17, 15) is 14.9 Å². The van der Waals surface area contributed by atoms with Crippen LogP contribution in [0.25, 0.3) is 6.08 Å². The van der Waals surface area contributed by atoms with Crippen LogP contribution < -0.4 is 10.1 Å². The van der Waals surface area contributed by atoms with Crippen LogP contribution in [0.15, 0.2) is 54.6 Å². The van der Waals surface area contributed by atoms with E-state index in [0.29, 0.717) is 17.9 Å². The molecule has 28 heavy (non-hydrogen) atoms. The number of carbonyl (C=O) groups excluding carboxylic acids is 1. The minimum atomic E-state index is -0.458. The zero-order chi connectivity index (χ0) is 20.2. The molecule has 1 amide bonds. The normalized spacial score (nSPS) is 10.8. The molecule has 148 valence electrons. The van der Waals surface area contributed by atoms with Crippen molar-refractivity contribution < 1.29 is 14.5 Å². The Hall–Kier alpha value is -3.15. The smallest absolute Gasteiger partial charge is 0.269 e. The van der Waals surface area contributed by atoms with Crippen LogP contribution in [0, 0.1) is 10.1 Å². The van der Waals surface area contributed by atoms with E-state index in [0.717, 1.165) is 18.6 Å². The number of nitrogens with zero attached hydrogens (tertiary/aromatic N) is 1. The monoisotopic (exact) mass is 382 g/mol. The highest BCUT2D eigenvalue weighted by molar-refractivity contribution is 6.02. The van der Waals surface area contributed by atoms with Gasteiger partial charge in [0.15, 0.2) is 0 Å². The number of non-ortho nitro benzene ring substituents is 1. The lowest BCUT2D eigenvalue weighted by Gasteiger charge is -2.08. The number of carbonyl (C=O) groups is 1. The molecule has 0 fully saturated rings. The van der Waals surface area contributed by atoms with Crippen molar-refractivity contribution in [2.75, 3.05) is 11.9 Å². The van der Waals surface area contributed by atoms with E-state index in [2.05, 4.69) is 12.2 Å². The molecule has 6 heteroatoms. The number of benzene rings is 2. The van der Waals surface area contributed by atoms with Crippen LogP contribution in [-0.4, -0.2) is 17.4 Å². The van der Waals surface area contributed by atoms with Crippen molar-refractivity contribution in [2.45, 2.75) is 39.0 Å². The van der Waals surface area contributed by atoms with Gasteiger partial charge < -0.3 is 10.1 Å². The summed E-state index contributed by atoms with van der Waals surface area (Å²) in [5, 5.41) is 13.4. The first-order chi connectivity index (χ1) is 13.6. The number of rotatable bonds is 11. The first kappa shape index (κ1) is 21.2. The number of nitro benzene ring substituents is 1. The van der Waals surface area contributed by atoms with Crippen LogP contribution in [0.4, 0.5) is 11.4 Å². The summed E-state index contributed by atoms with van der Waals surface area (Å²) in [6.45, 7) is 2.86. The Labute approximate surface area is 165 Å². The SMILES string of the molecule is CCCCCCCOc1cccc(NC(=O)/C=C/c2ccc([N+](=O)[O-])cc2)c1. The molecule has 0 aliphatic heterocycles. The molecular weight excluding hydrogens is 356 g/mol. The second-order valence-corrected chi connectivity index (χ2v) is 6.46. The number of hydrogen-bond donors (Lipinski definition) is 1. The van der Waals surface area contributed by atoms with Gasteiger partial charge in [0.05, 0.1) is 11.5 Å². The summed E-state index contributed by atoms with van der Waals surface area (Å²) in [4.78, 5) is 22.3. The molecule has 0 spiro atoms. The van der Waals surface area contributed by atoms with Gasteiger partial charge in [0.2, 0.25) is 5.91 Å². The van der Waals surface area contributed by atoms with Crippen molar-refractivity contribution >= 4 is 23.4 Å². The summed E-state index contributed by atoms with van der Waals surface area (Å²) in [6.07, 6.45) is 8.90. The maximum atomic E-state index is 12.1. The van der Waals surface area contributed by atoms with Crippen molar-refractivity contribution in [3.8, 4) is 5.75 Å². The lowest BCUT2D eigenvalue weighted by molar-refractivity contribution is -0.384. The van der Waals surface area contributed by atoms with Gasteiger partial charge in [-0.15, -0.1) is 0 Å². The van der Waals surface area contributed by atoms with Gasteiger partial charge in [-0.2, -0.15) is 0 Å². The molecule has 0 aliphatic carbocycles. The maximum absolute atomic E-state index is 12.1. The Balaban J connectivity index is 1.82. The quantitative estimate of drug-likeness (QED) is 0.237. The summed E-state index contributed by atoms with van der Waals surface area (Å²) in [7, 11) is 0. The van der Waals surface area contributed by atoms with Crippen LogP contribution in [0.2, 0.25) is 0 Å². The van der Waals surface area contributed by atoms with Crippen molar-refractivity contribution in [1.82, 2.24) is 0 Å². The second kappa shape index (κ2) is 11.5. The number of unbranched alkanes of at least 4 members (excludes halogenated alkanes) is 4. The predicted octanol–water partition coefficient (Wildman–Crippen LogP) is 5.60. The molecule has 0 saturated carbocycles. The summed E-state index contributed by atoms with van der Waals surface area (Å²) in [5.41, 5.74) is 1.38. The number of hydrogen-bond acceptors (Lipinski definition) is 4. The fraction of sp³-hybridized carbons (Fsp3) is 0.318. The van der Waals surface area contributed by atoms with Gasteiger partial charge in [0.1, 0.15) is 5.75 Å². The summed E-state index contributed by atoms with van der Waals surface area (Å²) < 4.78 is 5.74. The van der Waals surface area contributed by atoms with E-state index >= 15 is 0 Å². The third-order valence-corrected chi connectivity index (χ3v) is 4.15. The highest BCUT2D eigenvalue weighted by atomic mass is 16.6. The molecule has 0 bridgehead atoms. The molecule has 2 rings (SSSR count). The van der Waals surface area contributed by atoms with Crippen LogP contribution in [0.1, 0.15) is 44.6 Å². The Morgan fingerprint density at radius 1 is 1.11 bits per heavy atom. The largest absolute Gasteiger partial charge is 0.494 e. The van der Waals surface area contributed by atoms with E-state index in [1.54, 1.807) is 30.3 Å². The molecule has 2 aromatic carbocycles. The standard InChI is InChI=1S/C22H26N2O4/c1-2-3-4-5-6-16-28-21-9-7-8-19(17-21)23-22(25)15-12-18-10-13-20(14-11-18)24(26)27/h7-15,17H,2-6,16H2,1H3,(H,23,25)/b15-12+. The van der Waals surface area contributed by atoms with Gasteiger partial charge in [0.25, 0.3) is 5.69 Å². The van der Waals surface area contributed by atoms with Crippen molar-refractivity contribution in [3.05, 3.63) is 70.3 Å². The molecule has 6 nitrogen and oxygen atoms in total. The summed E-state index contributed by atoms with van der Waals surface area (Å²) in [5.74, 6) is 0.447. The van der Waals surface area contributed by atoms with Gasteiger partial charge in [-0.05, 0) is 42.3 Å². The van der Waals surface area contributed by atoms with Crippen molar-refractivity contribution in [1.29, 1.82) is 0 Å². The molecule has 1 N–H and O–H groups in total. The third-order valence-electron chi connectivity index (χ3n) is 4.15. The number of ether oxygens (including phenoxy) is 1. The van der Waals surface area contributed by atoms with E-state index in [4.69, 9.17) is 4.74 Å². The van der Waals surface area contributed by atoms with Crippen LogP contribution >= 0.6 is 0 Å². The van der Waals surface area contributed by atoms with E-state index in [1.165, 1.54) is 37.5 Å². The lowest BCUT2D eigenvalue weighted by Crippen LogP contribution is -2.08. The molecule has 0 aromatic heterocycles. The van der Waals surface area contributed by atoms with Crippen molar-refractivity contribution in [2.24, 2.45) is 0 Å². The van der Waals surface area contributed by atoms with Gasteiger partial charge in [0, 0.05) is 30.0 Å². The Morgan fingerprint density at radius 2 is 1.86 bits per heavy atom. The molecule has 0 saturated heterocycles. The second-order valence-electron chi connectivity index (χ2n) is 6.46. The van der Waals surface area contributed by atoms with Gasteiger partial charge >= 0.3 is 0 Å². The van der Waals surface area contributed by atoms with E-state index in [1.807, 2.05) is 12.1 Å². The molecule has 0 radical (unpaired) electrons. The molecule has 2 aromatic rings. The zero-order valence-electron chi connectivity index (χ0n) is 16.1. The number of anilines is 1. The zero-order valence-corrected chi connectivity index (χ0v) is 16.1. The minimum absolute atomic E-state index is 0.0174. The first-order valence-corrected chi connectivity index (χ1v) is 9.55. The van der Waals surface area contributed by atoms with Gasteiger partial charge in [-0.25, -0.2) is 0 Å². The average molecular weight is 382 g/mol. The number of nitro groups is 1. The Kier molecular flexibility index (Phi) is 8.72. The lowest BCUT2D eigenvalue weighted by atomic mass is 10.2. The van der Waals surface area contributed by atoms with Crippen LogP contribution in [0.3, 0.4) is 0 Å². The summed E-state index contributed by atoms with van der Waals surface area (Å²) >= 11 is 0. The van der Waals surface area contributed by atoms with Gasteiger partial charge in [-0.1, -0.05) is 38.7 Å². The van der Waals surface area contributed by atoms with Crippen molar-refractivity contribution in [3.63, 3.8) is 0 Å². The third kappa shape index (κ3) is 7.61. The summed E-state index contributed by atoms with van der Waals surface area (Å²) in [6, 6.07) is 13.3. The van der Waals surface area contributed by atoms with E-state index < -0.39 is 4.92 Å². The van der Waals surface area contributed by atoms with Crippen LogP contribution in [0.5, 0.6) is 5.75 Å². The fourth-order valence-corrected chi connectivity index (χ4v) is 2.62. The topological polar surface area (TPSA) is 81.5 Å². The fourth-order valence-electron chi connectivity index (χ4n) is 2.62. The maximum Gasteiger partial charge on any atom is 0.269 e. The number of amides is 1. The Morgan fingerprint density at radius 3 is 2.57 bits per heavy atom. The average Bonchev–Trinajstić information content (AvgIpc) is 2.69. The number of nitrogens with one attached hydrogen (secondary N) is 1. The minimum Gasteiger partial charge on any atom is -0.494 e. The molecule has 0 heterocycles. The molecule has 0 aliphatic rings. The highest BCUT2D eigenvalue weighted by Crippen LogP contribution is 2.18. The molecular formula is C22H26N2O4. The predicted molar refractivity (Wildman–Crippen MR) is 111 cm³/mol. The molecule has 0 atom stereocenters. The van der Waals surface area contributed by atoms with Crippen LogP contribution in [-0.2, 0) is 4.79 Å². The van der Waals surface area contributed by atoms with Gasteiger partial charge in [-0.3, -0.25) is 14.9 Å². The molecule has 0 unspecified atom stereocenters. The first-order valence-electron chi connectivity index (χ1n) is 9.55. The highest BCUT2D eigenvalue weighted by Gasteiger charge is 2.03.